The Morgan fingerprint density at radius 1 is 1.53 bits per heavy atom. The number of rotatable bonds is 3. The summed E-state index contributed by atoms with van der Waals surface area (Å²) < 4.78 is 4.86. The van der Waals surface area contributed by atoms with E-state index in [4.69, 9.17) is 10.3 Å². The molecule has 3 N–H and O–H groups in total. The van der Waals surface area contributed by atoms with E-state index in [2.05, 4.69) is 15.5 Å². The molecule has 1 heterocycles. The first-order valence-corrected chi connectivity index (χ1v) is 5.13. The van der Waals surface area contributed by atoms with E-state index in [0.29, 0.717) is 11.7 Å². The van der Waals surface area contributed by atoms with Gasteiger partial charge < -0.3 is 15.6 Å². The first kappa shape index (κ1) is 15.9. The maximum absolute atomic E-state index is 11.6. The van der Waals surface area contributed by atoms with Gasteiger partial charge in [-0.3, -0.25) is 4.79 Å². The summed E-state index contributed by atoms with van der Waals surface area (Å²) in [6.07, 6.45) is 0. The number of carbonyl (C=O) groups is 1. The Morgan fingerprint density at radius 2 is 2.12 bits per heavy atom. The standard InChI is InChI=1S/C10H18N4O2.ClH/c1-6-13-7(16-14-6)5-12-9(15)8(11)10(2,3)4;/h8H,5,11H2,1-4H3,(H,12,15);1H/t8-;/m1./s1. The van der Waals surface area contributed by atoms with Crippen molar-refractivity contribution in [2.45, 2.75) is 40.3 Å². The third-order valence-electron chi connectivity index (χ3n) is 2.20. The highest BCUT2D eigenvalue weighted by molar-refractivity contribution is 5.85. The number of halogens is 1. The molecular weight excluding hydrogens is 244 g/mol. The average Bonchev–Trinajstić information content (AvgIpc) is 2.58. The Morgan fingerprint density at radius 3 is 2.53 bits per heavy atom. The molecule has 1 aromatic heterocycles. The van der Waals surface area contributed by atoms with Crippen LogP contribution in [0.4, 0.5) is 0 Å². The number of hydrogen-bond donors (Lipinski definition) is 2. The molecule has 1 rings (SSSR count). The van der Waals surface area contributed by atoms with Crippen LogP contribution in [0.3, 0.4) is 0 Å². The van der Waals surface area contributed by atoms with Gasteiger partial charge >= 0.3 is 0 Å². The van der Waals surface area contributed by atoms with E-state index in [1.807, 2.05) is 20.8 Å². The van der Waals surface area contributed by atoms with E-state index in [1.54, 1.807) is 6.92 Å². The minimum Gasteiger partial charge on any atom is -0.346 e. The lowest BCUT2D eigenvalue weighted by Gasteiger charge is -2.25. The number of nitrogens with zero attached hydrogens (tertiary/aromatic N) is 2. The lowest BCUT2D eigenvalue weighted by Crippen LogP contribution is -2.48. The Balaban J connectivity index is 0.00000256. The topological polar surface area (TPSA) is 94.0 Å². The second-order valence-electron chi connectivity index (χ2n) is 4.80. The van der Waals surface area contributed by atoms with Gasteiger partial charge in [-0.05, 0) is 12.3 Å². The highest BCUT2D eigenvalue weighted by atomic mass is 35.5. The minimum absolute atomic E-state index is 0. The van der Waals surface area contributed by atoms with Gasteiger partial charge in [-0.2, -0.15) is 4.98 Å². The summed E-state index contributed by atoms with van der Waals surface area (Å²) in [5.74, 6) is 0.708. The number of nitrogens with one attached hydrogen (secondary N) is 1. The first-order chi connectivity index (χ1) is 7.30. The van der Waals surface area contributed by atoms with Crippen molar-refractivity contribution in [2.75, 3.05) is 0 Å². The second-order valence-corrected chi connectivity index (χ2v) is 4.80. The molecule has 0 aliphatic carbocycles. The van der Waals surface area contributed by atoms with Crippen molar-refractivity contribution < 1.29 is 9.32 Å². The third-order valence-corrected chi connectivity index (χ3v) is 2.20. The van der Waals surface area contributed by atoms with Crippen molar-refractivity contribution in [2.24, 2.45) is 11.1 Å². The number of aromatic nitrogens is 2. The van der Waals surface area contributed by atoms with E-state index in [9.17, 15) is 4.79 Å². The summed E-state index contributed by atoms with van der Waals surface area (Å²) in [7, 11) is 0. The number of hydrogen-bond acceptors (Lipinski definition) is 5. The van der Waals surface area contributed by atoms with Crippen LogP contribution in [0.15, 0.2) is 4.52 Å². The van der Waals surface area contributed by atoms with Gasteiger partial charge in [-0.1, -0.05) is 25.9 Å². The van der Waals surface area contributed by atoms with Crippen LogP contribution in [-0.2, 0) is 11.3 Å². The maximum Gasteiger partial charge on any atom is 0.246 e. The van der Waals surface area contributed by atoms with Crippen molar-refractivity contribution in [3.63, 3.8) is 0 Å². The normalized spacial score (nSPS) is 12.8. The van der Waals surface area contributed by atoms with Gasteiger partial charge in [-0.25, -0.2) is 0 Å². The smallest absolute Gasteiger partial charge is 0.246 e. The summed E-state index contributed by atoms with van der Waals surface area (Å²) in [4.78, 5) is 15.6. The van der Waals surface area contributed by atoms with Crippen LogP contribution in [0, 0.1) is 12.3 Å². The monoisotopic (exact) mass is 262 g/mol. The van der Waals surface area contributed by atoms with Crippen molar-refractivity contribution in [1.29, 1.82) is 0 Å². The van der Waals surface area contributed by atoms with Gasteiger partial charge in [-0.15, -0.1) is 12.4 Å². The summed E-state index contributed by atoms with van der Waals surface area (Å²) in [6.45, 7) is 7.66. The number of amides is 1. The number of nitrogens with two attached hydrogens (primary N) is 1. The summed E-state index contributed by atoms with van der Waals surface area (Å²) in [5, 5.41) is 6.28. The molecule has 1 amide bonds. The summed E-state index contributed by atoms with van der Waals surface area (Å²) in [6, 6.07) is -0.559. The van der Waals surface area contributed by atoms with Gasteiger partial charge in [0.2, 0.25) is 11.8 Å². The Kier molecular flexibility index (Phi) is 5.57. The van der Waals surface area contributed by atoms with Crippen LogP contribution in [0.5, 0.6) is 0 Å². The summed E-state index contributed by atoms with van der Waals surface area (Å²) in [5.41, 5.74) is 5.52. The zero-order valence-corrected chi connectivity index (χ0v) is 11.3. The van der Waals surface area contributed by atoms with E-state index >= 15 is 0 Å². The van der Waals surface area contributed by atoms with Gasteiger partial charge in [0.15, 0.2) is 5.82 Å². The van der Waals surface area contributed by atoms with Gasteiger partial charge in [0, 0.05) is 0 Å². The summed E-state index contributed by atoms with van der Waals surface area (Å²) >= 11 is 0. The van der Waals surface area contributed by atoms with E-state index in [0.717, 1.165) is 0 Å². The van der Waals surface area contributed by atoms with Crippen molar-refractivity contribution >= 4 is 18.3 Å². The van der Waals surface area contributed by atoms with E-state index in [-0.39, 0.29) is 30.3 Å². The van der Waals surface area contributed by atoms with Gasteiger partial charge in [0.1, 0.15) is 0 Å². The predicted octanol–water partition coefficient (Wildman–Crippen LogP) is 0.789. The van der Waals surface area contributed by atoms with Crippen LogP contribution < -0.4 is 11.1 Å². The lowest BCUT2D eigenvalue weighted by atomic mass is 9.87. The van der Waals surface area contributed by atoms with Gasteiger partial charge in [0.25, 0.3) is 0 Å². The largest absolute Gasteiger partial charge is 0.346 e. The quantitative estimate of drug-likeness (QED) is 0.840. The average molecular weight is 263 g/mol. The van der Waals surface area contributed by atoms with Crippen LogP contribution in [0.1, 0.15) is 32.5 Å². The Labute approximate surface area is 107 Å². The Hall–Kier alpha value is -1.14. The van der Waals surface area contributed by atoms with Gasteiger partial charge in [0.05, 0.1) is 12.6 Å². The molecule has 0 fully saturated rings. The zero-order chi connectivity index (χ0) is 12.3. The fourth-order valence-electron chi connectivity index (χ4n) is 1.08. The van der Waals surface area contributed by atoms with E-state index < -0.39 is 6.04 Å². The van der Waals surface area contributed by atoms with Crippen LogP contribution >= 0.6 is 12.4 Å². The maximum atomic E-state index is 11.6. The Bertz CT molecular complexity index is 373. The first-order valence-electron chi connectivity index (χ1n) is 5.13. The SMILES string of the molecule is Cc1noc(CNC(=O)[C@@H](N)C(C)(C)C)n1.Cl. The highest BCUT2D eigenvalue weighted by Crippen LogP contribution is 2.17. The molecule has 0 unspecified atom stereocenters. The molecule has 1 aromatic rings. The number of carbonyl (C=O) groups excluding carboxylic acids is 1. The van der Waals surface area contributed by atoms with Crippen molar-refractivity contribution in [1.82, 2.24) is 15.5 Å². The van der Waals surface area contributed by atoms with Crippen LogP contribution in [0.2, 0.25) is 0 Å². The molecule has 1 atom stereocenters. The molecule has 0 aliphatic heterocycles. The molecule has 0 aliphatic rings. The lowest BCUT2D eigenvalue weighted by molar-refractivity contribution is -0.124. The third kappa shape index (κ3) is 4.70. The molecule has 0 bridgehead atoms. The zero-order valence-electron chi connectivity index (χ0n) is 10.5. The molecule has 0 saturated heterocycles. The van der Waals surface area contributed by atoms with Crippen LogP contribution in [0.25, 0.3) is 0 Å². The molecule has 7 heteroatoms. The fourth-order valence-corrected chi connectivity index (χ4v) is 1.08. The van der Waals surface area contributed by atoms with E-state index in [1.165, 1.54) is 0 Å². The van der Waals surface area contributed by atoms with Crippen LogP contribution in [-0.4, -0.2) is 22.1 Å². The molecule has 98 valence electrons. The predicted molar refractivity (Wildman–Crippen MR) is 65.6 cm³/mol. The molecular formula is C10H19ClN4O2. The second kappa shape index (κ2) is 5.97. The molecule has 17 heavy (non-hydrogen) atoms. The minimum atomic E-state index is -0.559. The molecule has 6 nitrogen and oxygen atoms in total. The van der Waals surface area contributed by atoms with Crippen molar-refractivity contribution in [3.05, 3.63) is 11.7 Å². The molecule has 0 radical (unpaired) electrons. The molecule has 0 saturated carbocycles. The van der Waals surface area contributed by atoms with Crippen molar-refractivity contribution in [3.8, 4) is 0 Å². The highest BCUT2D eigenvalue weighted by Gasteiger charge is 2.27. The number of aryl methyl sites for hydroxylation is 1. The fraction of sp³-hybridized carbons (Fsp3) is 0.700. The molecule has 0 spiro atoms. The molecule has 0 aromatic carbocycles.